The maximum Gasteiger partial charge on any atom is 0.342 e. The van der Waals surface area contributed by atoms with E-state index in [0.717, 1.165) is 13.2 Å². The van der Waals surface area contributed by atoms with Crippen molar-refractivity contribution < 1.29 is 29.5 Å². The van der Waals surface area contributed by atoms with Gasteiger partial charge in [-0.1, -0.05) is 0 Å². The molecule has 17 heavy (non-hydrogen) atoms. The summed E-state index contributed by atoms with van der Waals surface area (Å²) in [4.78, 5) is 31.3. The Hall–Kier alpha value is -2.64. The first kappa shape index (κ1) is 12.4. The highest BCUT2D eigenvalue weighted by Crippen LogP contribution is 2.32. The van der Waals surface area contributed by atoms with Crippen molar-refractivity contribution >= 4 is 17.6 Å². The van der Waals surface area contributed by atoms with E-state index in [0.29, 0.717) is 6.07 Å². The summed E-state index contributed by atoms with van der Waals surface area (Å²) in [6.45, 7) is 0. The molecular weight excluding hydrogens is 234 g/mol. The molecule has 0 saturated heterocycles. The lowest BCUT2D eigenvalue weighted by atomic mass is 10.1. The van der Waals surface area contributed by atoms with Crippen molar-refractivity contribution in [2.24, 2.45) is 0 Å². The molecule has 0 amide bonds. The van der Waals surface area contributed by atoms with Crippen molar-refractivity contribution in [3.8, 4) is 5.75 Å². The Kier molecular flexibility index (Phi) is 3.27. The fourth-order valence-corrected chi connectivity index (χ4v) is 1.24. The van der Waals surface area contributed by atoms with Crippen LogP contribution in [0, 0.1) is 10.1 Å². The number of carbonyl (C=O) groups is 2. The molecule has 8 nitrogen and oxygen atoms in total. The van der Waals surface area contributed by atoms with Crippen LogP contribution in [0.5, 0.6) is 5.75 Å². The molecular formula is C9H7NO7. The Morgan fingerprint density at radius 3 is 2.24 bits per heavy atom. The van der Waals surface area contributed by atoms with Gasteiger partial charge in [0.15, 0.2) is 5.75 Å². The number of nitro benzene ring substituents is 1. The molecule has 0 spiro atoms. The van der Waals surface area contributed by atoms with Gasteiger partial charge < -0.3 is 14.9 Å². The molecule has 0 aliphatic carbocycles. The second-order valence-electron chi connectivity index (χ2n) is 2.94. The quantitative estimate of drug-likeness (QED) is 0.594. The second-order valence-corrected chi connectivity index (χ2v) is 2.94. The highest BCUT2D eigenvalue weighted by Gasteiger charge is 2.27. The first-order valence-electron chi connectivity index (χ1n) is 4.21. The number of benzene rings is 1. The third kappa shape index (κ3) is 2.30. The number of nitrogens with zero attached hydrogens (tertiary/aromatic N) is 1. The maximum atomic E-state index is 10.8. The maximum absolute atomic E-state index is 10.8. The van der Waals surface area contributed by atoms with Crippen molar-refractivity contribution in [2.45, 2.75) is 0 Å². The molecule has 90 valence electrons. The van der Waals surface area contributed by atoms with Gasteiger partial charge in [-0.05, 0) is 6.07 Å². The molecule has 0 aromatic heterocycles. The topological polar surface area (TPSA) is 127 Å². The SMILES string of the molecule is COc1cc(C(=O)O)cc(C(=O)O)c1[N+](=O)[O-]. The fraction of sp³-hybridized carbons (Fsp3) is 0.111. The molecule has 1 aromatic rings. The molecule has 0 fully saturated rings. The minimum Gasteiger partial charge on any atom is -0.490 e. The molecule has 2 N–H and O–H groups in total. The zero-order valence-electron chi connectivity index (χ0n) is 8.54. The van der Waals surface area contributed by atoms with Crippen LogP contribution in [0.2, 0.25) is 0 Å². The van der Waals surface area contributed by atoms with Gasteiger partial charge in [0.25, 0.3) is 0 Å². The summed E-state index contributed by atoms with van der Waals surface area (Å²) in [5, 5.41) is 28.2. The van der Waals surface area contributed by atoms with E-state index >= 15 is 0 Å². The number of carboxylic acid groups (broad SMARTS) is 2. The summed E-state index contributed by atoms with van der Waals surface area (Å²) in [7, 11) is 1.08. The van der Waals surface area contributed by atoms with E-state index in [4.69, 9.17) is 10.2 Å². The lowest BCUT2D eigenvalue weighted by molar-refractivity contribution is -0.386. The molecule has 8 heteroatoms. The number of carboxylic acids is 2. The Bertz CT molecular complexity index is 508. The second kappa shape index (κ2) is 4.47. The van der Waals surface area contributed by atoms with Crippen molar-refractivity contribution in [3.05, 3.63) is 33.4 Å². The van der Waals surface area contributed by atoms with E-state index in [1.54, 1.807) is 0 Å². The number of rotatable bonds is 4. The number of hydrogen-bond donors (Lipinski definition) is 2. The molecule has 1 rings (SSSR count). The van der Waals surface area contributed by atoms with Crippen LogP contribution in [0.3, 0.4) is 0 Å². The van der Waals surface area contributed by atoms with E-state index in [-0.39, 0.29) is 0 Å². The van der Waals surface area contributed by atoms with Crippen molar-refractivity contribution in [3.63, 3.8) is 0 Å². The van der Waals surface area contributed by atoms with Gasteiger partial charge in [-0.25, -0.2) is 9.59 Å². The van der Waals surface area contributed by atoms with Crippen molar-refractivity contribution in [1.29, 1.82) is 0 Å². The molecule has 0 saturated carbocycles. The monoisotopic (exact) mass is 241 g/mol. The van der Waals surface area contributed by atoms with Crippen LogP contribution in [0.15, 0.2) is 12.1 Å². The van der Waals surface area contributed by atoms with Crippen LogP contribution in [-0.2, 0) is 0 Å². The predicted octanol–water partition coefficient (Wildman–Crippen LogP) is 1.000. The van der Waals surface area contributed by atoms with Gasteiger partial charge in [0, 0.05) is 6.07 Å². The Labute approximate surface area is 94.2 Å². The van der Waals surface area contributed by atoms with Crippen molar-refractivity contribution in [1.82, 2.24) is 0 Å². The summed E-state index contributed by atoms with van der Waals surface area (Å²) in [5.41, 5.74) is -1.90. The first-order valence-corrected chi connectivity index (χ1v) is 4.21. The minimum atomic E-state index is -1.60. The molecule has 0 aliphatic heterocycles. The van der Waals surface area contributed by atoms with Gasteiger partial charge in [0.1, 0.15) is 5.56 Å². The number of aromatic carboxylic acids is 2. The zero-order valence-corrected chi connectivity index (χ0v) is 8.54. The fourth-order valence-electron chi connectivity index (χ4n) is 1.24. The number of methoxy groups -OCH3 is 1. The van der Waals surface area contributed by atoms with Gasteiger partial charge in [-0.3, -0.25) is 10.1 Å². The number of ether oxygens (including phenoxy) is 1. The van der Waals surface area contributed by atoms with Crippen LogP contribution in [0.25, 0.3) is 0 Å². The molecule has 0 unspecified atom stereocenters. The summed E-state index contributed by atoms with van der Waals surface area (Å²) < 4.78 is 4.62. The van der Waals surface area contributed by atoms with Gasteiger partial charge >= 0.3 is 17.6 Å². The third-order valence-corrected chi connectivity index (χ3v) is 1.95. The zero-order chi connectivity index (χ0) is 13.2. The molecule has 0 radical (unpaired) electrons. The summed E-state index contributed by atoms with van der Waals surface area (Å²) in [6, 6.07) is 1.61. The van der Waals surface area contributed by atoms with E-state index in [1.807, 2.05) is 0 Å². The van der Waals surface area contributed by atoms with Gasteiger partial charge in [-0.2, -0.15) is 0 Å². The van der Waals surface area contributed by atoms with Crippen LogP contribution in [0.4, 0.5) is 5.69 Å². The number of hydrogen-bond acceptors (Lipinski definition) is 5. The average Bonchev–Trinajstić information content (AvgIpc) is 2.26. The van der Waals surface area contributed by atoms with E-state index in [2.05, 4.69) is 4.74 Å². The molecule has 0 bridgehead atoms. The van der Waals surface area contributed by atoms with Crippen LogP contribution >= 0.6 is 0 Å². The largest absolute Gasteiger partial charge is 0.490 e. The summed E-state index contributed by atoms with van der Waals surface area (Å²) >= 11 is 0. The van der Waals surface area contributed by atoms with Gasteiger partial charge in [-0.15, -0.1) is 0 Å². The molecule has 0 aliphatic rings. The van der Waals surface area contributed by atoms with E-state index < -0.39 is 39.4 Å². The third-order valence-electron chi connectivity index (χ3n) is 1.95. The normalized spacial score (nSPS) is 9.71. The highest BCUT2D eigenvalue weighted by atomic mass is 16.6. The summed E-state index contributed by atoms with van der Waals surface area (Å²) in [6.07, 6.45) is 0. The van der Waals surface area contributed by atoms with E-state index in [1.165, 1.54) is 0 Å². The molecule has 1 aromatic carbocycles. The molecule has 0 atom stereocenters. The smallest absolute Gasteiger partial charge is 0.342 e. The van der Waals surface area contributed by atoms with Crippen LogP contribution in [0.1, 0.15) is 20.7 Å². The Morgan fingerprint density at radius 1 is 1.29 bits per heavy atom. The van der Waals surface area contributed by atoms with Gasteiger partial charge in [0.05, 0.1) is 17.6 Å². The predicted molar refractivity (Wildman–Crippen MR) is 53.6 cm³/mol. The molecule has 0 heterocycles. The van der Waals surface area contributed by atoms with Gasteiger partial charge in [0.2, 0.25) is 0 Å². The standard InChI is InChI=1S/C9H7NO7/c1-17-6-3-4(8(11)12)2-5(9(13)14)7(6)10(15)16/h2-3H,1H3,(H,11,12)(H,13,14). The number of nitro groups is 1. The van der Waals surface area contributed by atoms with Crippen LogP contribution in [-0.4, -0.2) is 34.2 Å². The first-order chi connectivity index (χ1) is 7.88. The summed E-state index contributed by atoms with van der Waals surface area (Å²) in [5.74, 6) is -3.41. The van der Waals surface area contributed by atoms with E-state index in [9.17, 15) is 19.7 Å². The lowest BCUT2D eigenvalue weighted by Crippen LogP contribution is -2.08. The Balaban J connectivity index is 3.63. The van der Waals surface area contributed by atoms with Crippen molar-refractivity contribution in [2.75, 3.05) is 7.11 Å². The lowest BCUT2D eigenvalue weighted by Gasteiger charge is -2.05. The van der Waals surface area contributed by atoms with Crippen LogP contribution < -0.4 is 4.74 Å². The highest BCUT2D eigenvalue weighted by molar-refractivity contribution is 5.98. The Morgan fingerprint density at radius 2 is 1.88 bits per heavy atom. The minimum absolute atomic E-state index is 0.398. The average molecular weight is 241 g/mol.